The second-order valence-electron chi connectivity index (χ2n) is 5.48. The summed E-state index contributed by atoms with van der Waals surface area (Å²) in [5.74, 6) is 5.16. The summed E-state index contributed by atoms with van der Waals surface area (Å²) in [5.41, 5.74) is 0. The topological polar surface area (TPSA) is 17.1 Å². The molecule has 0 aromatic carbocycles. The maximum absolute atomic E-state index is 11.4. The van der Waals surface area contributed by atoms with Gasteiger partial charge in [-0.25, -0.2) is 0 Å². The Labute approximate surface area is 79.9 Å². The van der Waals surface area contributed by atoms with E-state index in [1.54, 1.807) is 0 Å². The van der Waals surface area contributed by atoms with Crippen molar-refractivity contribution in [1.82, 2.24) is 0 Å². The first kappa shape index (κ1) is 8.02. The number of carbonyl (C=O) groups is 1. The number of ketones is 1. The van der Waals surface area contributed by atoms with Gasteiger partial charge in [0.15, 0.2) is 0 Å². The molecule has 3 saturated carbocycles. The van der Waals surface area contributed by atoms with Gasteiger partial charge in [-0.1, -0.05) is 6.92 Å². The van der Waals surface area contributed by atoms with Crippen LogP contribution in [0.1, 0.15) is 39.0 Å². The van der Waals surface area contributed by atoms with Crippen molar-refractivity contribution >= 4 is 5.78 Å². The van der Waals surface area contributed by atoms with E-state index in [4.69, 9.17) is 0 Å². The Kier molecular flexibility index (Phi) is 1.59. The lowest BCUT2D eigenvalue weighted by Gasteiger charge is -2.37. The molecule has 0 amide bonds. The van der Waals surface area contributed by atoms with Gasteiger partial charge in [-0.3, -0.25) is 4.79 Å². The maximum Gasteiger partial charge on any atom is 0.133 e. The molecular formula is C12H18O. The fourth-order valence-electron chi connectivity index (χ4n) is 4.38. The second-order valence-corrected chi connectivity index (χ2v) is 5.48. The van der Waals surface area contributed by atoms with E-state index in [1.165, 1.54) is 19.3 Å². The van der Waals surface area contributed by atoms with Crippen LogP contribution in [0, 0.1) is 29.6 Å². The van der Waals surface area contributed by atoms with Gasteiger partial charge >= 0.3 is 0 Å². The molecule has 3 fully saturated rings. The first-order chi connectivity index (χ1) is 6.25. The lowest BCUT2D eigenvalue weighted by molar-refractivity contribution is -0.123. The van der Waals surface area contributed by atoms with Crippen molar-refractivity contribution in [1.29, 1.82) is 0 Å². The minimum atomic E-state index is 0.543. The summed E-state index contributed by atoms with van der Waals surface area (Å²) >= 11 is 0. The molecule has 2 bridgehead atoms. The highest BCUT2D eigenvalue weighted by Gasteiger charge is 2.52. The monoisotopic (exact) mass is 178 g/mol. The molecule has 5 unspecified atom stereocenters. The number of hydrogen-bond acceptors (Lipinski definition) is 1. The van der Waals surface area contributed by atoms with E-state index in [-0.39, 0.29) is 0 Å². The molecule has 1 nitrogen and oxygen atoms in total. The molecule has 0 saturated heterocycles. The molecule has 72 valence electrons. The molecule has 0 spiro atoms. The molecule has 0 heterocycles. The minimum absolute atomic E-state index is 0.543. The quantitative estimate of drug-likeness (QED) is 0.557. The van der Waals surface area contributed by atoms with Gasteiger partial charge in [-0.2, -0.15) is 0 Å². The molecule has 5 atom stereocenters. The fourth-order valence-corrected chi connectivity index (χ4v) is 4.38. The summed E-state index contributed by atoms with van der Waals surface area (Å²) in [5, 5.41) is 0. The third-order valence-corrected chi connectivity index (χ3v) is 4.91. The lowest BCUT2D eigenvalue weighted by Crippen LogP contribution is -2.32. The number of fused-ring (bicyclic) bond motifs is 5. The molecule has 0 radical (unpaired) electrons. The van der Waals surface area contributed by atoms with Crippen molar-refractivity contribution in [3.63, 3.8) is 0 Å². The Morgan fingerprint density at radius 2 is 2.00 bits per heavy atom. The molecule has 0 aliphatic heterocycles. The van der Waals surface area contributed by atoms with Crippen molar-refractivity contribution in [3.05, 3.63) is 0 Å². The highest BCUT2D eigenvalue weighted by atomic mass is 16.1. The Morgan fingerprint density at radius 1 is 1.15 bits per heavy atom. The molecule has 3 aliphatic rings. The zero-order valence-corrected chi connectivity index (χ0v) is 8.33. The van der Waals surface area contributed by atoms with E-state index >= 15 is 0 Å². The first-order valence-corrected chi connectivity index (χ1v) is 5.77. The van der Waals surface area contributed by atoms with E-state index in [1.807, 2.05) is 0 Å². The fraction of sp³-hybridized carbons (Fsp3) is 0.917. The number of rotatable bonds is 0. The van der Waals surface area contributed by atoms with Crippen LogP contribution in [0.3, 0.4) is 0 Å². The van der Waals surface area contributed by atoms with Gasteiger partial charge in [0, 0.05) is 12.8 Å². The Balaban J connectivity index is 1.84. The SMILES string of the molecule is CC1CC2CC1C1CCC(=O)CC21. The molecule has 3 aliphatic carbocycles. The molecule has 13 heavy (non-hydrogen) atoms. The van der Waals surface area contributed by atoms with Crippen LogP contribution in [0.25, 0.3) is 0 Å². The van der Waals surface area contributed by atoms with Crippen LogP contribution in [0.15, 0.2) is 0 Å². The largest absolute Gasteiger partial charge is 0.300 e. The van der Waals surface area contributed by atoms with Crippen molar-refractivity contribution in [2.24, 2.45) is 29.6 Å². The molecule has 1 heteroatoms. The molecule has 3 rings (SSSR count). The highest BCUT2D eigenvalue weighted by molar-refractivity contribution is 5.79. The third kappa shape index (κ3) is 1.02. The average molecular weight is 178 g/mol. The van der Waals surface area contributed by atoms with Gasteiger partial charge in [0.2, 0.25) is 0 Å². The van der Waals surface area contributed by atoms with Gasteiger partial charge in [0.05, 0.1) is 0 Å². The van der Waals surface area contributed by atoms with E-state index in [0.29, 0.717) is 5.78 Å². The van der Waals surface area contributed by atoms with E-state index in [2.05, 4.69) is 6.92 Å². The standard InChI is InChI=1S/C12H18O/c1-7-4-8-5-11(7)10-3-2-9(13)6-12(8)10/h7-8,10-12H,2-6H2,1H3. The summed E-state index contributed by atoms with van der Waals surface area (Å²) in [4.78, 5) is 11.4. The van der Waals surface area contributed by atoms with Gasteiger partial charge in [-0.15, -0.1) is 0 Å². The van der Waals surface area contributed by atoms with Crippen LogP contribution in [-0.4, -0.2) is 5.78 Å². The van der Waals surface area contributed by atoms with Gasteiger partial charge in [-0.05, 0) is 48.9 Å². The highest BCUT2D eigenvalue weighted by Crippen LogP contribution is 2.58. The summed E-state index contributed by atoms with van der Waals surface area (Å²) in [6.07, 6.45) is 5.90. The van der Waals surface area contributed by atoms with Crippen LogP contribution < -0.4 is 0 Å². The Morgan fingerprint density at radius 3 is 2.85 bits per heavy atom. The number of hydrogen-bond donors (Lipinski definition) is 0. The maximum atomic E-state index is 11.4. The summed E-state index contributed by atoms with van der Waals surface area (Å²) in [6.45, 7) is 2.41. The van der Waals surface area contributed by atoms with Gasteiger partial charge in [0.25, 0.3) is 0 Å². The van der Waals surface area contributed by atoms with Crippen LogP contribution in [0.5, 0.6) is 0 Å². The molecule has 0 N–H and O–H groups in total. The van der Waals surface area contributed by atoms with Crippen molar-refractivity contribution < 1.29 is 4.79 Å². The van der Waals surface area contributed by atoms with Crippen molar-refractivity contribution in [3.8, 4) is 0 Å². The number of Topliss-reactive ketones (excluding diaryl/α,β-unsaturated/α-hetero) is 1. The molecule has 0 aromatic rings. The van der Waals surface area contributed by atoms with Crippen LogP contribution in [0.4, 0.5) is 0 Å². The zero-order chi connectivity index (χ0) is 9.00. The number of carbonyl (C=O) groups excluding carboxylic acids is 1. The summed E-state index contributed by atoms with van der Waals surface area (Å²) in [7, 11) is 0. The van der Waals surface area contributed by atoms with E-state index in [0.717, 1.165) is 42.4 Å². The van der Waals surface area contributed by atoms with Gasteiger partial charge in [0.1, 0.15) is 5.78 Å². The first-order valence-electron chi connectivity index (χ1n) is 5.77. The Hall–Kier alpha value is -0.330. The Bertz CT molecular complexity index is 246. The van der Waals surface area contributed by atoms with Crippen LogP contribution >= 0.6 is 0 Å². The van der Waals surface area contributed by atoms with E-state index < -0.39 is 0 Å². The van der Waals surface area contributed by atoms with Gasteiger partial charge < -0.3 is 0 Å². The zero-order valence-electron chi connectivity index (χ0n) is 8.33. The second kappa shape index (κ2) is 2.59. The third-order valence-electron chi connectivity index (χ3n) is 4.91. The summed E-state index contributed by atoms with van der Waals surface area (Å²) < 4.78 is 0. The van der Waals surface area contributed by atoms with E-state index in [9.17, 15) is 4.79 Å². The van der Waals surface area contributed by atoms with Crippen molar-refractivity contribution in [2.45, 2.75) is 39.0 Å². The van der Waals surface area contributed by atoms with Crippen LogP contribution in [-0.2, 0) is 4.79 Å². The normalized spacial score (nSPS) is 53.9. The summed E-state index contributed by atoms with van der Waals surface area (Å²) in [6, 6.07) is 0. The minimum Gasteiger partial charge on any atom is -0.300 e. The smallest absolute Gasteiger partial charge is 0.133 e. The average Bonchev–Trinajstić information content (AvgIpc) is 2.61. The predicted molar refractivity (Wildman–Crippen MR) is 51.2 cm³/mol. The molecular weight excluding hydrogens is 160 g/mol. The lowest BCUT2D eigenvalue weighted by atomic mass is 9.68. The van der Waals surface area contributed by atoms with Crippen LogP contribution in [0.2, 0.25) is 0 Å². The predicted octanol–water partition coefficient (Wildman–Crippen LogP) is 2.65. The van der Waals surface area contributed by atoms with Crippen molar-refractivity contribution in [2.75, 3.05) is 0 Å². The molecule has 0 aromatic heterocycles.